The minimum Gasteiger partial charge on any atom is -0.351 e. The molecule has 0 saturated heterocycles. The molecule has 1 aromatic carbocycles. The van der Waals surface area contributed by atoms with E-state index >= 15 is 0 Å². The molecule has 2 heterocycles. The van der Waals surface area contributed by atoms with Gasteiger partial charge in [0, 0.05) is 13.1 Å². The first-order valence-corrected chi connectivity index (χ1v) is 7.47. The van der Waals surface area contributed by atoms with Gasteiger partial charge in [0.15, 0.2) is 4.80 Å². The van der Waals surface area contributed by atoms with Crippen LogP contribution >= 0.6 is 11.3 Å². The molecule has 3 aromatic rings. The van der Waals surface area contributed by atoms with Crippen LogP contribution in [-0.2, 0) is 7.05 Å². The van der Waals surface area contributed by atoms with E-state index in [-0.39, 0.29) is 5.76 Å². The van der Waals surface area contributed by atoms with Crippen molar-refractivity contribution >= 4 is 27.5 Å². The van der Waals surface area contributed by atoms with Crippen molar-refractivity contribution in [1.82, 2.24) is 9.72 Å². The molecule has 21 heavy (non-hydrogen) atoms. The van der Waals surface area contributed by atoms with Crippen molar-refractivity contribution in [2.45, 2.75) is 19.8 Å². The average molecular weight is 301 g/mol. The average Bonchev–Trinajstić information content (AvgIpc) is 3.08. The van der Waals surface area contributed by atoms with Crippen LogP contribution in [0.5, 0.6) is 0 Å². The number of hydrogen-bond acceptors (Lipinski definition) is 4. The molecule has 0 radical (unpaired) electrons. The van der Waals surface area contributed by atoms with E-state index in [1.165, 1.54) is 29.2 Å². The number of rotatable bonds is 2. The highest BCUT2D eigenvalue weighted by atomic mass is 32.1. The Bertz CT molecular complexity index is 857. The van der Waals surface area contributed by atoms with Gasteiger partial charge in [-0.3, -0.25) is 4.79 Å². The monoisotopic (exact) mass is 301 g/mol. The lowest BCUT2D eigenvalue weighted by Gasteiger charge is -2.04. The molecule has 0 spiro atoms. The van der Waals surface area contributed by atoms with Crippen LogP contribution in [0.3, 0.4) is 0 Å². The van der Waals surface area contributed by atoms with E-state index in [0.717, 1.165) is 10.2 Å². The van der Waals surface area contributed by atoms with Gasteiger partial charge in [0.25, 0.3) is 0 Å². The Kier molecular flexibility index (Phi) is 3.47. The summed E-state index contributed by atoms with van der Waals surface area (Å²) < 4.78 is 7.87. The smallest absolute Gasteiger partial charge is 0.318 e. The molecule has 3 rings (SSSR count). The molecule has 2 aromatic heterocycles. The molecule has 0 bridgehead atoms. The third kappa shape index (κ3) is 2.54. The molecule has 0 fully saturated rings. The van der Waals surface area contributed by atoms with E-state index in [9.17, 15) is 4.79 Å². The SMILES string of the molecule is CC(C)c1ccc2c(c1)sc(=NC(=O)c1ccno1)n2C. The number of hydrogen-bond donors (Lipinski definition) is 0. The highest BCUT2D eigenvalue weighted by molar-refractivity contribution is 7.16. The fourth-order valence-corrected chi connectivity index (χ4v) is 3.15. The second kappa shape index (κ2) is 5.29. The molecule has 5 nitrogen and oxygen atoms in total. The Morgan fingerprint density at radius 1 is 1.38 bits per heavy atom. The van der Waals surface area contributed by atoms with Gasteiger partial charge in [0.05, 0.1) is 16.4 Å². The second-order valence-electron chi connectivity index (χ2n) is 5.12. The minimum absolute atomic E-state index is 0.148. The number of carbonyl (C=O) groups excluding carboxylic acids is 1. The zero-order valence-electron chi connectivity index (χ0n) is 12.0. The predicted molar refractivity (Wildman–Crippen MR) is 81.3 cm³/mol. The fraction of sp³-hybridized carbons (Fsp3) is 0.267. The van der Waals surface area contributed by atoms with Crippen molar-refractivity contribution in [1.29, 1.82) is 0 Å². The summed E-state index contributed by atoms with van der Waals surface area (Å²) in [4.78, 5) is 16.7. The summed E-state index contributed by atoms with van der Waals surface area (Å²) in [7, 11) is 1.90. The van der Waals surface area contributed by atoms with Crippen LogP contribution in [0, 0.1) is 0 Å². The number of amides is 1. The Morgan fingerprint density at radius 2 is 2.19 bits per heavy atom. The molecule has 1 amide bonds. The van der Waals surface area contributed by atoms with E-state index < -0.39 is 5.91 Å². The largest absolute Gasteiger partial charge is 0.351 e. The van der Waals surface area contributed by atoms with E-state index in [4.69, 9.17) is 4.52 Å². The fourth-order valence-electron chi connectivity index (χ4n) is 2.08. The van der Waals surface area contributed by atoms with Crippen LogP contribution in [0.1, 0.15) is 35.9 Å². The Balaban J connectivity index is 2.11. The standard InChI is InChI=1S/C15H15N3O2S/c1-9(2)10-4-5-11-13(8-10)21-15(18(11)3)17-14(19)12-6-7-16-20-12/h4-9H,1-3H3. The highest BCUT2D eigenvalue weighted by Crippen LogP contribution is 2.23. The van der Waals surface area contributed by atoms with Gasteiger partial charge in [-0.15, -0.1) is 0 Å². The van der Waals surface area contributed by atoms with Gasteiger partial charge in [-0.05, 0) is 23.6 Å². The zero-order valence-corrected chi connectivity index (χ0v) is 12.8. The number of benzene rings is 1. The van der Waals surface area contributed by atoms with Crippen LogP contribution in [0.15, 0.2) is 40.0 Å². The summed E-state index contributed by atoms with van der Waals surface area (Å²) in [6.45, 7) is 4.32. The Hall–Kier alpha value is -2.21. The van der Waals surface area contributed by atoms with Crippen molar-refractivity contribution in [2.75, 3.05) is 0 Å². The van der Waals surface area contributed by atoms with E-state index in [1.54, 1.807) is 0 Å². The topological polar surface area (TPSA) is 60.4 Å². The summed E-state index contributed by atoms with van der Waals surface area (Å²) in [5, 5.41) is 3.52. The summed E-state index contributed by atoms with van der Waals surface area (Å²) in [5.41, 5.74) is 2.34. The van der Waals surface area contributed by atoms with Gasteiger partial charge < -0.3 is 9.09 Å². The number of thiazole rings is 1. The van der Waals surface area contributed by atoms with Crippen LogP contribution in [0.2, 0.25) is 0 Å². The molecule has 108 valence electrons. The second-order valence-corrected chi connectivity index (χ2v) is 6.13. The Morgan fingerprint density at radius 3 is 2.86 bits per heavy atom. The van der Waals surface area contributed by atoms with E-state index in [2.05, 4.69) is 42.2 Å². The van der Waals surface area contributed by atoms with Crippen LogP contribution in [0.25, 0.3) is 10.2 Å². The molecular formula is C15H15N3O2S. The van der Waals surface area contributed by atoms with Crippen LogP contribution < -0.4 is 4.80 Å². The van der Waals surface area contributed by atoms with Gasteiger partial charge in [0.2, 0.25) is 5.76 Å². The molecule has 0 aliphatic rings. The first-order chi connectivity index (χ1) is 10.1. The number of fused-ring (bicyclic) bond motifs is 1. The molecule has 6 heteroatoms. The minimum atomic E-state index is -0.418. The lowest BCUT2D eigenvalue weighted by Crippen LogP contribution is -2.13. The number of aryl methyl sites for hydroxylation is 1. The van der Waals surface area contributed by atoms with E-state index in [0.29, 0.717) is 10.7 Å². The molecule has 0 saturated carbocycles. The third-order valence-corrected chi connectivity index (χ3v) is 4.44. The molecule has 0 atom stereocenters. The summed E-state index contributed by atoms with van der Waals surface area (Å²) in [6.07, 6.45) is 1.43. The van der Waals surface area contributed by atoms with Crippen molar-refractivity contribution in [2.24, 2.45) is 12.0 Å². The third-order valence-electron chi connectivity index (χ3n) is 3.35. The Labute approximate surface area is 125 Å². The number of aromatic nitrogens is 2. The van der Waals surface area contributed by atoms with Crippen molar-refractivity contribution in [3.8, 4) is 0 Å². The molecule has 0 unspecified atom stereocenters. The van der Waals surface area contributed by atoms with Crippen LogP contribution in [-0.4, -0.2) is 15.6 Å². The van der Waals surface area contributed by atoms with Gasteiger partial charge in [-0.1, -0.05) is 36.4 Å². The molecule has 0 aliphatic heterocycles. The maximum atomic E-state index is 12.0. The first kappa shape index (κ1) is 13.8. The van der Waals surface area contributed by atoms with E-state index in [1.807, 2.05) is 11.6 Å². The lowest BCUT2D eigenvalue weighted by molar-refractivity contribution is 0.0962. The van der Waals surface area contributed by atoms with Crippen molar-refractivity contribution in [3.63, 3.8) is 0 Å². The molecular weight excluding hydrogens is 286 g/mol. The summed E-state index contributed by atoms with van der Waals surface area (Å²) >= 11 is 1.49. The van der Waals surface area contributed by atoms with Gasteiger partial charge >= 0.3 is 5.91 Å². The number of carbonyl (C=O) groups is 1. The van der Waals surface area contributed by atoms with Crippen molar-refractivity contribution in [3.05, 3.63) is 46.6 Å². The maximum Gasteiger partial charge on any atom is 0.318 e. The number of nitrogens with zero attached hydrogens (tertiary/aromatic N) is 3. The zero-order chi connectivity index (χ0) is 15.0. The lowest BCUT2D eigenvalue weighted by atomic mass is 10.0. The molecule has 0 aliphatic carbocycles. The quantitative estimate of drug-likeness (QED) is 0.730. The van der Waals surface area contributed by atoms with Gasteiger partial charge in [-0.2, -0.15) is 4.99 Å². The predicted octanol–water partition coefficient (Wildman–Crippen LogP) is 3.09. The van der Waals surface area contributed by atoms with Gasteiger partial charge in [-0.25, -0.2) is 0 Å². The van der Waals surface area contributed by atoms with Gasteiger partial charge in [0.1, 0.15) is 0 Å². The normalized spacial score (nSPS) is 12.5. The maximum absolute atomic E-state index is 12.0. The summed E-state index contributed by atoms with van der Waals surface area (Å²) in [5.74, 6) is 0.201. The van der Waals surface area contributed by atoms with Crippen LogP contribution in [0.4, 0.5) is 0 Å². The summed E-state index contributed by atoms with van der Waals surface area (Å²) in [6, 6.07) is 7.85. The molecule has 0 N–H and O–H groups in total. The first-order valence-electron chi connectivity index (χ1n) is 6.65. The van der Waals surface area contributed by atoms with Crippen molar-refractivity contribution < 1.29 is 9.32 Å². The highest BCUT2D eigenvalue weighted by Gasteiger charge is 2.10.